The minimum absolute atomic E-state index is 0.00996. The number of ether oxygens (including phenoxy) is 3. The van der Waals surface area contributed by atoms with Gasteiger partial charge in [0, 0.05) is 71.8 Å². The molecule has 2 heterocycles. The molecule has 42 heavy (non-hydrogen) atoms. The largest absolute Gasteiger partial charge is 0.497 e. The number of carbonyl (C=O) groups is 2. The molecular weight excluding hydrogens is 536 g/mol. The van der Waals surface area contributed by atoms with Crippen LogP contribution in [-0.4, -0.2) is 86.2 Å². The van der Waals surface area contributed by atoms with Gasteiger partial charge in [0.25, 0.3) is 0 Å². The molecule has 4 rings (SSSR count). The molecule has 0 aliphatic carbocycles. The minimum atomic E-state index is -0.529. The van der Waals surface area contributed by atoms with Gasteiger partial charge >= 0.3 is 6.03 Å². The predicted octanol–water partition coefficient (Wildman–Crippen LogP) is 3.02. The van der Waals surface area contributed by atoms with E-state index in [2.05, 4.69) is 21.3 Å². The van der Waals surface area contributed by atoms with Crippen LogP contribution in [-0.2, 0) is 27.2 Å². The number of methoxy groups -OCH3 is 3. The third-order valence-corrected chi connectivity index (χ3v) is 7.65. The van der Waals surface area contributed by atoms with Gasteiger partial charge in [-0.25, -0.2) is 9.78 Å². The van der Waals surface area contributed by atoms with Crippen molar-refractivity contribution in [1.29, 1.82) is 0 Å². The molecule has 2 aromatic carbocycles. The van der Waals surface area contributed by atoms with Crippen LogP contribution in [0.25, 0.3) is 11.0 Å². The summed E-state index contributed by atoms with van der Waals surface area (Å²) in [4.78, 5) is 32.6. The van der Waals surface area contributed by atoms with Gasteiger partial charge in [0.2, 0.25) is 5.91 Å². The van der Waals surface area contributed by atoms with Gasteiger partial charge in [-0.15, -0.1) is 0 Å². The summed E-state index contributed by atoms with van der Waals surface area (Å²) in [6.07, 6.45) is 2.86. The molecular formula is C31H44N6O5. The first-order valence-electron chi connectivity index (χ1n) is 14.6. The number of fused-ring (bicyclic) bond motifs is 1. The Bertz CT molecular complexity index is 1310. The number of carbonyl (C=O) groups excluding carboxylic acids is 2. The fourth-order valence-corrected chi connectivity index (χ4v) is 5.48. The molecule has 0 radical (unpaired) electrons. The Labute approximate surface area is 247 Å². The molecule has 0 saturated carbocycles. The van der Waals surface area contributed by atoms with Crippen LogP contribution < -0.4 is 21.1 Å². The topological polar surface area (TPSA) is 133 Å². The fourth-order valence-electron chi connectivity index (χ4n) is 5.48. The first-order valence-corrected chi connectivity index (χ1v) is 14.6. The van der Waals surface area contributed by atoms with Crippen LogP contribution in [0.5, 0.6) is 5.75 Å². The van der Waals surface area contributed by atoms with Crippen molar-refractivity contribution in [2.24, 2.45) is 5.73 Å². The first-order chi connectivity index (χ1) is 20.4. The second kappa shape index (κ2) is 15.5. The van der Waals surface area contributed by atoms with Crippen molar-refractivity contribution < 1.29 is 23.8 Å². The molecule has 3 aromatic rings. The number of aromatic nitrogens is 2. The lowest BCUT2D eigenvalue weighted by atomic mass is 9.96. The average molecular weight is 581 g/mol. The zero-order chi connectivity index (χ0) is 29.9. The predicted molar refractivity (Wildman–Crippen MR) is 161 cm³/mol. The second-order valence-electron chi connectivity index (χ2n) is 10.7. The molecule has 0 spiro atoms. The van der Waals surface area contributed by atoms with E-state index in [9.17, 15) is 9.59 Å². The molecule has 1 saturated heterocycles. The van der Waals surface area contributed by atoms with Gasteiger partial charge in [-0.2, -0.15) is 0 Å². The molecule has 228 valence electrons. The number of nitrogens with two attached hydrogens (primary N) is 1. The molecule has 1 fully saturated rings. The Morgan fingerprint density at radius 2 is 1.98 bits per heavy atom. The number of likely N-dealkylation sites (tertiary alicyclic amines) is 1. The summed E-state index contributed by atoms with van der Waals surface area (Å²) in [6, 6.07) is 14.8. The van der Waals surface area contributed by atoms with E-state index < -0.39 is 18.3 Å². The molecule has 1 aromatic heterocycles. The van der Waals surface area contributed by atoms with Crippen molar-refractivity contribution in [3.05, 3.63) is 59.9 Å². The van der Waals surface area contributed by atoms with Crippen LogP contribution in [0.2, 0.25) is 0 Å². The highest BCUT2D eigenvalue weighted by Crippen LogP contribution is 2.30. The molecule has 3 atom stereocenters. The molecule has 11 nitrogen and oxygen atoms in total. The fraction of sp³-hybridized carbons (Fsp3) is 0.516. The number of nitrogens with zero attached hydrogens (tertiary/aromatic N) is 3. The van der Waals surface area contributed by atoms with Gasteiger partial charge in [-0.05, 0) is 49.1 Å². The summed E-state index contributed by atoms with van der Waals surface area (Å²) in [7, 11) is 4.86. The molecule has 1 unspecified atom stereocenters. The van der Waals surface area contributed by atoms with Crippen molar-refractivity contribution in [3.8, 4) is 5.75 Å². The monoisotopic (exact) mass is 580 g/mol. The standard InChI is InChI=1S/C31H44N6O5/c1-40-16-8-15-37-27-13-5-4-12-26(27)34-30(37)23-10-7-14-36(21-23)29(38)19-24(32)20-33-31(39)35-28(42-3)18-22-9-6-11-25(17-22)41-2/h4-6,9,11-13,17,23-24,28H,7-8,10,14-16,18-21,32H2,1-3H3,(H2,33,35,39)/t23-,24-,28?/m1/s1. The number of hydrogen-bond acceptors (Lipinski definition) is 7. The maximum atomic E-state index is 13.2. The smallest absolute Gasteiger partial charge is 0.316 e. The molecule has 4 N–H and O–H groups in total. The summed E-state index contributed by atoms with van der Waals surface area (Å²) in [6.45, 7) is 2.96. The Hall–Kier alpha value is -3.67. The summed E-state index contributed by atoms with van der Waals surface area (Å²) in [5.41, 5.74) is 9.32. The number of rotatable bonds is 14. The van der Waals surface area contributed by atoms with Crippen LogP contribution in [0.4, 0.5) is 4.79 Å². The van der Waals surface area contributed by atoms with E-state index in [1.165, 1.54) is 7.11 Å². The van der Waals surface area contributed by atoms with Gasteiger partial charge < -0.3 is 40.0 Å². The summed E-state index contributed by atoms with van der Waals surface area (Å²) in [5, 5.41) is 5.57. The van der Waals surface area contributed by atoms with Gasteiger partial charge in [-0.1, -0.05) is 24.3 Å². The number of urea groups is 1. The van der Waals surface area contributed by atoms with E-state index in [1.807, 2.05) is 47.4 Å². The molecule has 0 bridgehead atoms. The van der Waals surface area contributed by atoms with Crippen molar-refractivity contribution in [3.63, 3.8) is 0 Å². The van der Waals surface area contributed by atoms with E-state index >= 15 is 0 Å². The number of para-hydroxylation sites is 2. The van der Waals surface area contributed by atoms with Crippen molar-refractivity contribution >= 4 is 23.0 Å². The third kappa shape index (κ3) is 8.43. The van der Waals surface area contributed by atoms with Crippen LogP contribution in [0.15, 0.2) is 48.5 Å². The molecule has 1 aliphatic heterocycles. The van der Waals surface area contributed by atoms with E-state index in [-0.39, 0.29) is 24.8 Å². The van der Waals surface area contributed by atoms with E-state index in [0.717, 1.165) is 54.0 Å². The van der Waals surface area contributed by atoms with Gasteiger partial charge in [0.05, 0.1) is 18.1 Å². The van der Waals surface area contributed by atoms with E-state index in [0.29, 0.717) is 26.1 Å². The first kappa shape index (κ1) is 31.3. The lowest BCUT2D eigenvalue weighted by Crippen LogP contribution is -2.49. The SMILES string of the molecule is COCCCn1c([C@@H]2CCCN(C(=O)C[C@@H](N)CNC(=O)NC(Cc3cccc(OC)c3)OC)C2)nc2ccccc21. The van der Waals surface area contributed by atoms with Crippen molar-refractivity contribution in [1.82, 2.24) is 25.1 Å². The highest BCUT2D eigenvalue weighted by atomic mass is 16.5. The Kier molecular flexibility index (Phi) is 11.6. The normalized spacial score (nSPS) is 16.7. The number of nitrogens with one attached hydrogen (secondary N) is 2. The number of aryl methyl sites for hydroxylation is 1. The number of hydrogen-bond donors (Lipinski definition) is 3. The lowest BCUT2D eigenvalue weighted by Gasteiger charge is -2.33. The Morgan fingerprint density at radius 1 is 1.14 bits per heavy atom. The number of amides is 3. The molecule has 3 amide bonds. The summed E-state index contributed by atoms with van der Waals surface area (Å²) >= 11 is 0. The highest BCUT2D eigenvalue weighted by molar-refractivity contribution is 5.78. The maximum Gasteiger partial charge on any atom is 0.316 e. The van der Waals surface area contributed by atoms with Gasteiger partial charge in [0.15, 0.2) is 0 Å². The zero-order valence-electron chi connectivity index (χ0n) is 24.9. The quantitative estimate of drug-likeness (QED) is 0.197. The third-order valence-electron chi connectivity index (χ3n) is 7.65. The van der Waals surface area contributed by atoms with Crippen LogP contribution >= 0.6 is 0 Å². The van der Waals surface area contributed by atoms with E-state index in [1.54, 1.807) is 14.2 Å². The maximum absolute atomic E-state index is 13.2. The van der Waals surface area contributed by atoms with Crippen molar-refractivity contribution in [2.45, 2.75) is 56.8 Å². The second-order valence-corrected chi connectivity index (χ2v) is 10.7. The molecule has 11 heteroatoms. The number of piperidine rings is 1. The Balaban J connectivity index is 1.28. The number of imidazole rings is 1. The lowest BCUT2D eigenvalue weighted by molar-refractivity contribution is -0.132. The van der Waals surface area contributed by atoms with Crippen LogP contribution in [0.1, 0.15) is 43.0 Å². The summed E-state index contributed by atoms with van der Waals surface area (Å²) in [5.74, 6) is 1.90. The minimum Gasteiger partial charge on any atom is -0.497 e. The van der Waals surface area contributed by atoms with E-state index in [4.69, 9.17) is 24.9 Å². The van der Waals surface area contributed by atoms with Gasteiger partial charge in [0.1, 0.15) is 17.8 Å². The average Bonchev–Trinajstić information content (AvgIpc) is 3.38. The summed E-state index contributed by atoms with van der Waals surface area (Å²) < 4.78 is 18.2. The highest BCUT2D eigenvalue weighted by Gasteiger charge is 2.29. The van der Waals surface area contributed by atoms with Crippen LogP contribution in [0.3, 0.4) is 0 Å². The Morgan fingerprint density at radius 3 is 2.76 bits per heavy atom. The molecule has 1 aliphatic rings. The van der Waals surface area contributed by atoms with Gasteiger partial charge in [-0.3, -0.25) is 4.79 Å². The zero-order valence-corrected chi connectivity index (χ0v) is 24.9. The number of benzene rings is 2. The van der Waals surface area contributed by atoms with Crippen LogP contribution in [0, 0.1) is 0 Å². The van der Waals surface area contributed by atoms with Crippen molar-refractivity contribution in [2.75, 3.05) is 47.6 Å².